The van der Waals surface area contributed by atoms with E-state index in [-0.39, 0.29) is 18.2 Å². The van der Waals surface area contributed by atoms with Crippen molar-refractivity contribution in [1.29, 1.82) is 5.26 Å². The average molecular weight is 488 g/mol. The number of benzene rings is 1. The number of hydrogen-bond acceptors (Lipinski definition) is 4. The van der Waals surface area contributed by atoms with Gasteiger partial charge in [0.2, 0.25) is 0 Å². The summed E-state index contributed by atoms with van der Waals surface area (Å²) in [5, 5.41) is 27.5. The number of pyridine rings is 1. The van der Waals surface area contributed by atoms with Crippen molar-refractivity contribution in [2.24, 2.45) is 5.41 Å². The van der Waals surface area contributed by atoms with Crippen LogP contribution in [-0.2, 0) is 10.2 Å². The number of H-pyrrole nitrogens is 1. The molecule has 0 radical (unpaired) electrons. The number of carboxylic acid groups (broad SMARTS) is 1. The number of nitrogens with one attached hydrogen (secondary N) is 1. The van der Waals surface area contributed by atoms with E-state index < -0.39 is 16.8 Å². The number of aromatic nitrogens is 4. The van der Waals surface area contributed by atoms with E-state index in [0.717, 1.165) is 33.4 Å². The van der Waals surface area contributed by atoms with Gasteiger partial charge in [0.15, 0.2) is 5.65 Å². The van der Waals surface area contributed by atoms with Gasteiger partial charge in [-0.3, -0.25) is 9.89 Å². The number of nitrogens with zero attached hydrogens (tertiary/aromatic N) is 4. The molecule has 1 aliphatic rings. The van der Waals surface area contributed by atoms with E-state index in [9.17, 15) is 19.6 Å². The third-order valence-corrected chi connectivity index (χ3v) is 7.96. The molecule has 0 spiro atoms. The lowest BCUT2D eigenvalue weighted by Gasteiger charge is -2.36. The first-order valence-electron chi connectivity index (χ1n) is 12.3. The van der Waals surface area contributed by atoms with Crippen LogP contribution in [0.4, 0.5) is 4.39 Å². The van der Waals surface area contributed by atoms with Crippen LogP contribution in [0, 0.1) is 29.5 Å². The number of nitriles is 1. The summed E-state index contributed by atoms with van der Waals surface area (Å²) in [5.74, 6) is -0.945. The molecule has 0 saturated heterocycles. The second-order valence-electron chi connectivity index (χ2n) is 11.1. The highest BCUT2D eigenvalue weighted by Crippen LogP contribution is 2.49. The molecular formula is C28H30FN5O2. The summed E-state index contributed by atoms with van der Waals surface area (Å²) in [6, 6.07) is 9.45. The molecule has 36 heavy (non-hydrogen) atoms. The van der Waals surface area contributed by atoms with Gasteiger partial charge >= 0.3 is 5.97 Å². The Labute approximate surface area is 209 Å². The number of carbonyl (C=O) groups is 1. The monoisotopic (exact) mass is 487 g/mol. The molecule has 2 N–H and O–H groups in total. The van der Waals surface area contributed by atoms with Gasteiger partial charge in [0, 0.05) is 34.2 Å². The smallest absolute Gasteiger partial charge is 0.309 e. The first kappa shape index (κ1) is 24.0. The van der Waals surface area contributed by atoms with Gasteiger partial charge in [-0.2, -0.15) is 10.4 Å². The zero-order valence-corrected chi connectivity index (χ0v) is 21.0. The Hall–Kier alpha value is -3.73. The van der Waals surface area contributed by atoms with Gasteiger partial charge in [0.1, 0.15) is 5.82 Å². The molecule has 1 fully saturated rings. The summed E-state index contributed by atoms with van der Waals surface area (Å²) in [5.41, 5.74) is 4.46. The number of fused-ring (bicyclic) bond motifs is 2. The molecule has 0 aliphatic heterocycles. The zero-order chi connectivity index (χ0) is 25.8. The number of aryl methyl sites for hydroxylation is 1. The van der Waals surface area contributed by atoms with Crippen LogP contribution in [0.15, 0.2) is 30.5 Å². The summed E-state index contributed by atoms with van der Waals surface area (Å²) in [6.45, 7) is 7.67. The summed E-state index contributed by atoms with van der Waals surface area (Å²) in [7, 11) is 0. The maximum atomic E-state index is 14.3. The fraction of sp³-hybridized carbons (Fsp3) is 0.429. The number of hydrogen-bond donors (Lipinski definition) is 2. The maximum Gasteiger partial charge on any atom is 0.309 e. The Kier molecular flexibility index (Phi) is 5.62. The highest BCUT2D eigenvalue weighted by molar-refractivity contribution is 5.94. The fourth-order valence-electron chi connectivity index (χ4n) is 5.72. The van der Waals surface area contributed by atoms with E-state index in [1.165, 1.54) is 6.07 Å². The number of carboxylic acids is 1. The molecule has 7 nitrogen and oxygen atoms in total. The number of rotatable bonds is 5. The first-order valence-corrected chi connectivity index (χ1v) is 12.3. The number of halogens is 1. The SMILES string of the molecule is Cc1cc(-n2c(C(C)(C)CC#N)c(C3CCC(C)(C(=O)O)CC3)c3nc4[nH]ncc4cc32)ccc1F. The molecule has 5 rings (SSSR count). The Balaban J connectivity index is 1.83. The zero-order valence-electron chi connectivity index (χ0n) is 21.0. The second kappa shape index (κ2) is 8.44. The van der Waals surface area contributed by atoms with E-state index >= 15 is 0 Å². The van der Waals surface area contributed by atoms with Gasteiger partial charge < -0.3 is 9.67 Å². The van der Waals surface area contributed by atoms with Crippen LogP contribution >= 0.6 is 0 Å². The molecule has 1 saturated carbocycles. The van der Waals surface area contributed by atoms with Gasteiger partial charge in [-0.15, -0.1) is 0 Å². The quantitative estimate of drug-likeness (QED) is 0.344. The minimum Gasteiger partial charge on any atom is -0.481 e. The average Bonchev–Trinajstić information content (AvgIpc) is 3.42. The molecule has 186 valence electrons. The van der Waals surface area contributed by atoms with Gasteiger partial charge in [-0.1, -0.05) is 13.8 Å². The normalized spacial score (nSPS) is 20.6. The lowest BCUT2D eigenvalue weighted by molar-refractivity contribution is -0.149. The van der Waals surface area contributed by atoms with E-state index in [1.54, 1.807) is 19.2 Å². The molecule has 1 aliphatic carbocycles. The van der Waals surface area contributed by atoms with Gasteiger partial charge in [-0.25, -0.2) is 9.37 Å². The van der Waals surface area contributed by atoms with Crippen molar-refractivity contribution in [3.8, 4) is 11.8 Å². The van der Waals surface area contributed by atoms with Crippen molar-refractivity contribution in [2.45, 2.75) is 71.1 Å². The molecular weight excluding hydrogens is 457 g/mol. The summed E-state index contributed by atoms with van der Waals surface area (Å²) >= 11 is 0. The van der Waals surface area contributed by atoms with Gasteiger partial charge in [-0.05, 0) is 75.3 Å². The molecule has 0 bridgehead atoms. The molecule has 3 aromatic heterocycles. The van der Waals surface area contributed by atoms with Crippen molar-refractivity contribution in [2.75, 3.05) is 0 Å². The topological polar surface area (TPSA) is 108 Å². The maximum absolute atomic E-state index is 14.3. The Morgan fingerprint density at radius 2 is 2.06 bits per heavy atom. The highest BCUT2D eigenvalue weighted by atomic mass is 19.1. The van der Waals surface area contributed by atoms with Gasteiger partial charge in [0.25, 0.3) is 0 Å². The van der Waals surface area contributed by atoms with E-state index in [1.807, 2.05) is 19.1 Å². The van der Waals surface area contributed by atoms with Gasteiger partial charge in [0.05, 0.1) is 28.7 Å². The third-order valence-electron chi connectivity index (χ3n) is 7.96. The third kappa shape index (κ3) is 3.74. The largest absolute Gasteiger partial charge is 0.481 e. The van der Waals surface area contributed by atoms with Crippen molar-refractivity contribution in [3.63, 3.8) is 0 Å². The predicted octanol–water partition coefficient (Wildman–Crippen LogP) is 6.29. The summed E-state index contributed by atoms with van der Waals surface area (Å²) < 4.78 is 16.4. The lowest BCUT2D eigenvalue weighted by atomic mass is 9.68. The van der Waals surface area contributed by atoms with E-state index in [2.05, 4.69) is 34.7 Å². The van der Waals surface area contributed by atoms with E-state index in [0.29, 0.717) is 36.9 Å². The van der Waals surface area contributed by atoms with Crippen molar-refractivity contribution in [3.05, 3.63) is 53.1 Å². The second-order valence-corrected chi connectivity index (χ2v) is 11.1. The molecule has 0 atom stereocenters. The van der Waals surface area contributed by atoms with Crippen molar-refractivity contribution >= 4 is 28.0 Å². The minimum absolute atomic E-state index is 0.0866. The summed E-state index contributed by atoms with van der Waals surface area (Å²) in [6.07, 6.45) is 4.58. The number of aliphatic carboxylic acids is 1. The van der Waals surface area contributed by atoms with Crippen LogP contribution in [0.2, 0.25) is 0 Å². The Morgan fingerprint density at radius 1 is 1.33 bits per heavy atom. The fourth-order valence-corrected chi connectivity index (χ4v) is 5.72. The van der Waals surface area contributed by atoms with E-state index in [4.69, 9.17) is 4.98 Å². The minimum atomic E-state index is -0.757. The molecule has 3 heterocycles. The van der Waals surface area contributed by atoms with Crippen LogP contribution in [0.3, 0.4) is 0 Å². The molecule has 8 heteroatoms. The lowest BCUT2D eigenvalue weighted by Crippen LogP contribution is -2.32. The molecule has 0 amide bonds. The Morgan fingerprint density at radius 3 is 2.69 bits per heavy atom. The molecule has 0 unspecified atom stereocenters. The van der Waals surface area contributed by atoms with Crippen LogP contribution < -0.4 is 0 Å². The van der Waals surface area contributed by atoms with Crippen LogP contribution in [0.1, 0.15) is 75.6 Å². The van der Waals surface area contributed by atoms with Crippen molar-refractivity contribution in [1.82, 2.24) is 19.7 Å². The molecule has 1 aromatic carbocycles. The number of aromatic amines is 1. The van der Waals surface area contributed by atoms with Crippen LogP contribution in [0.5, 0.6) is 0 Å². The van der Waals surface area contributed by atoms with Crippen LogP contribution in [-0.4, -0.2) is 30.8 Å². The highest BCUT2D eigenvalue weighted by Gasteiger charge is 2.41. The standard InChI is InChI=1S/C28H30FN5O2/c1-16-13-19(5-6-20(16)29)34-21-14-18-15-31-33-25(18)32-23(21)22(24(34)27(2,3)11-12-30)17-7-9-28(4,10-8-17)26(35)36/h5-6,13-15,17H,7-11H2,1-4H3,(H,35,36)(H,31,32,33). The predicted molar refractivity (Wildman–Crippen MR) is 136 cm³/mol. The van der Waals surface area contributed by atoms with Crippen LogP contribution in [0.25, 0.3) is 27.8 Å². The summed E-state index contributed by atoms with van der Waals surface area (Å²) in [4.78, 5) is 16.9. The molecule has 4 aromatic rings. The van der Waals surface area contributed by atoms with Crippen molar-refractivity contribution < 1.29 is 14.3 Å². The first-order chi connectivity index (χ1) is 17.1. The Bertz CT molecular complexity index is 1530.